The van der Waals surface area contributed by atoms with Gasteiger partial charge in [-0.3, -0.25) is 0 Å². The molecule has 0 bridgehead atoms. The third-order valence-corrected chi connectivity index (χ3v) is 3.13. The first kappa shape index (κ1) is 9.74. The largest absolute Gasteiger partial charge is 0.349 e. The Bertz CT molecular complexity index is 191. The maximum Gasteiger partial charge on any atom is 0.172 e. The maximum atomic E-state index is 6.04. The highest BCUT2D eigenvalue weighted by Gasteiger charge is 2.33. The summed E-state index contributed by atoms with van der Waals surface area (Å²) in [5, 5.41) is 0.869. The van der Waals surface area contributed by atoms with Crippen molar-refractivity contribution in [3.05, 3.63) is 0 Å². The zero-order chi connectivity index (χ0) is 9.35. The molecule has 2 N–H and O–H groups in total. The van der Waals surface area contributed by atoms with Crippen LogP contribution < -0.4 is 5.73 Å². The summed E-state index contributed by atoms with van der Waals surface area (Å²) in [5.41, 5.74) is 5.78. The van der Waals surface area contributed by atoms with Gasteiger partial charge in [-0.25, -0.2) is 0 Å². The van der Waals surface area contributed by atoms with Crippen molar-refractivity contribution in [3.63, 3.8) is 0 Å². The van der Waals surface area contributed by atoms with E-state index in [1.165, 1.54) is 0 Å². The Hall–Kier alpha value is -0.350. The minimum atomic E-state index is -0.261. The van der Waals surface area contributed by atoms with Crippen LogP contribution in [0.4, 0.5) is 0 Å². The quantitative estimate of drug-likeness (QED) is 0.609. The molecule has 1 atom stereocenters. The summed E-state index contributed by atoms with van der Waals surface area (Å²) in [4.78, 5) is 4.15. The van der Waals surface area contributed by atoms with Crippen LogP contribution in [0.2, 0.25) is 0 Å². The van der Waals surface area contributed by atoms with Crippen molar-refractivity contribution in [3.8, 4) is 0 Å². The van der Waals surface area contributed by atoms with Crippen LogP contribution in [0.25, 0.3) is 0 Å². The first-order valence-corrected chi connectivity index (χ1v) is 4.71. The van der Waals surface area contributed by atoms with Gasteiger partial charge in [0.15, 0.2) is 5.11 Å². The SMILES string of the molecule is CCN1CCC(C)(N)N(C)C1=S. The molecule has 0 aromatic heterocycles. The smallest absolute Gasteiger partial charge is 0.172 e. The van der Waals surface area contributed by atoms with E-state index in [0.29, 0.717) is 0 Å². The fraction of sp³-hybridized carbons (Fsp3) is 0.875. The van der Waals surface area contributed by atoms with Gasteiger partial charge in [0.05, 0.1) is 5.66 Å². The van der Waals surface area contributed by atoms with Gasteiger partial charge in [-0.2, -0.15) is 0 Å². The summed E-state index contributed by atoms with van der Waals surface area (Å²) in [5.74, 6) is 0. The molecule has 70 valence electrons. The fourth-order valence-electron chi connectivity index (χ4n) is 1.35. The molecule has 3 nitrogen and oxygen atoms in total. The highest BCUT2D eigenvalue weighted by Crippen LogP contribution is 2.19. The third kappa shape index (κ3) is 1.54. The van der Waals surface area contributed by atoms with Crippen molar-refractivity contribution < 1.29 is 0 Å². The molecule has 1 aliphatic rings. The van der Waals surface area contributed by atoms with Crippen LogP contribution in [0.3, 0.4) is 0 Å². The van der Waals surface area contributed by atoms with Gasteiger partial charge in [-0.1, -0.05) is 0 Å². The average Bonchev–Trinajstić information content (AvgIpc) is 2.01. The normalized spacial score (nSPS) is 31.2. The molecule has 0 aliphatic carbocycles. The molecule has 1 unspecified atom stereocenters. The Morgan fingerprint density at radius 2 is 2.25 bits per heavy atom. The number of rotatable bonds is 1. The van der Waals surface area contributed by atoms with Gasteiger partial charge in [-0.15, -0.1) is 0 Å². The van der Waals surface area contributed by atoms with Gasteiger partial charge in [-0.05, 0) is 26.1 Å². The van der Waals surface area contributed by atoms with E-state index in [4.69, 9.17) is 18.0 Å². The van der Waals surface area contributed by atoms with Crippen molar-refractivity contribution in [2.75, 3.05) is 20.1 Å². The molecule has 0 amide bonds. The van der Waals surface area contributed by atoms with Crippen molar-refractivity contribution >= 4 is 17.3 Å². The highest BCUT2D eigenvalue weighted by atomic mass is 32.1. The summed E-state index contributed by atoms with van der Waals surface area (Å²) in [6, 6.07) is 0. The molecule has 12 heavy (non-hydrogen) atoms. The van der Waals surface area contributed by atoms with E-state index >= 15 is 0 Å². The van der Waals surface area contributed by atoms with Gasteiger partial charge >= 0.3 is 0 Å². The second-order valence-corrected chi connectivity index (χ2v) is 3.89. The topological polar surface area (TPSA) is 32.5 Å². The number of nitrogens with zero attached hydrogens (tertiary/aromatic N) is 2. The van der Waals surface area contributed by atoms with Crippen LogP contribution in [0.5, 0.6) is 0 Å². The lowest BCUT2D eigenvalue weighted by atomic mass is 10.1. The molecule has 0 spiro atoms. The predicted molar refractivity (Wildman–Crippen MR) is 54.8 cm³/mol. The van der Waals surface area contributed by atoms with Crippen LogP contribution in [0.1, 0.15) is 20.3 Å². The standard InChI is InChI=1S/C8H17N3S/c1-4-11-6-5-8(2,9)10(3)7(11)12/h4-6,9H2,1-3H3. The molecule has 4 heteroatoms. The lowest BCUT2D eigenvalue weighted by Gasteiger charge is -2.46. The highest BCUT2D eigenvalue weighted by molar-refractivity contribution is 7.80. The molecule has 0 aromatic carbocycles. The lowest BCUT2D eigenvalue weighted by molar-refractivity contribution is 0.146. The van der Waals surface area contributed by atoms with Crippen LogP contribution in [-0.2, 0) is 0 Å². The van der Waals surface area contributed by atoms with E-state index in [1.54, 1.807) is 0 Å². The predicted octanol–water partition coefficient (Wildman–Crippen LogP) is 0.604. The molecule has 1 saturated heterocycles. The van der Waals surface area contributed by atoms with Crippen molar-refractivity contribution in [1.82, 2.24) is 9.80 Å². The summed E-state index contributed by atoms with van der Waals surface area (Å²) < 4.78 is 0. The maximum absolute atomic E-state index is 6.04. The number of hydrogen-bond acceptors (Lipinski definition) is 2. The van der Waals surface area contributed by atoms with E-state index in [2.05, 4.69) is 11.8 Å². The van der Waals surface area contributed by atoms with Gasteiger partial charge in [0, 0.05) is 26.6 Å². The molecule has 1 fully saturated rings. The van der Waals surface area contributed by atoms with Gasteiger partial charge < -0.3 is 15.5 Å². The minimum Gasteiger partial charge on any atom is -0.349 e. The van der Waals surface area contributed by atoms with Gasteiger partial charge in [0.25, 0.3) is 0 Å². The Labute approximate surface area is 79.5 Å². The summed E-state index contributed by atoms with van der Waals surface area (Å²) in [7, 11) is 1.96. The fourth-order valence-corrected chi connectivity index (χ4v) is 1.78. The lowest BCUT2D eigenvalue weighted by Crippen LogP contribution is -2.63. The second kappa shape index (κ2) is 3.18. The molecular formula is C8H17N3S. The van der Waals surface area contributed by atoms with E-state index in [-0.39, 0.29) is 5.66 Å². The molecule has 0 saturated carbocycles. The molecule has 0 radical (unpaired) electrons. The molecule has 1 rings (SSSR count). The van der Waals surface area contributed by atoms with Crippen LogP contribution in [-0.4, -0.2) is 40.7 Å². The molecule has 1 aliphatic heterocycles. The first-order valence-electron chi connectivity index (χ1n) is 4.30. The van der Waals surface area contributed by atoms with Crippen molar-refractivity contribution in [1.29, 1.82) is 0 Å². The average molecular weight is 187 g/mol. The number of nitrogens with two attached hydrogens (primary N) is 1. The first-order chi connectivity index (χ1) is 5.49. The number of hydrogen-bond donors (Lipinski definition) is 1. The number of thiocarbonyl (C=S) groups is 1. The molecule has 0 aromatic rings. The molecule has 1 heterocycles. The van der Waals surface area contributed by atoms with Crippen LogP contribution in [0, 0.1) is 0 Å². The van der Waals surface area contributed by atoms with Crippen molar-refractivity contribution in [2.45, 2.75) is 25.9 Å². The Kier molecular flexibility index (Phi) is 2.58. The van der Waals surface area contributed by atoms with E-state index in [0.717, 1.165) is 24.6 Å². The summed E-state index contributed by atoms with van der Waals surface area (Å²) >= 11 is 5.27. The zero-order valence-electron chi connectivity index (χ0n) is 8.00. The second-order valence-electron chi connectivity index (χ2n) is 3.53. The van der Waals surface area contributed by atoms with Crippen LogP contribution >= 0.6 is 12.2 Å². The minimum absolute atomic E-state index is 0.261. The monoisotopic (exact) mass is 187 g/mol. The van der Waals surface area contributed by atoms with E-state index in [1.807, 2.05) is 18.9 Å². The summed E-state index contributed by atoms with van der Waals surface area (Å²) in [6.45, 7) is 6.08. The van der Waals surface area contributed by atoms with E-state index in [9.17, 15) is 0 Å². The Morgan fingerprint density at radius 3 is 2.75 bits per heavy atom. The van der Waals surface area contributed by atoms with E-state index < -0.39 is 0 Å². The molecular weight excluding hydrogens is 170 g/mol. The van der Waals surface area contributed by atoms with Gasteiger partial charge in [0.1, 0.15) is 0 Å². The van der Waals surface area contributed by atoms with Gasteiger partial charge in [0.2, 0.25) is 0 Å². The Morgan fingerprint density at radius 1 is 1.67 bits per heavy atom. The summed E-state index contributed by atoms with van der Waals surface area (Å²) in [6.07, 6.45) is 0.970. The Balaban J connectivity index is 2.73. The third-order valence-electron chi connectivity index (χ3n) is 2.59. The van der Waals surface area contributed by atoms with Crippen LogP contribution in [0.15, 0.2) is 0 Å². The zero-order valence-corrected chi connectivity index (χ0v) is 8.82. The van der Waals surface area contributed by atoms with Crippen molar-refractivity contribution in [2.24, 2.45) is 5.73 Å².